The van der Waals surface area contributed by atoms with E-state index >= 15 is 0 Å². The molecule has 2 aromatic rings. The van der Waals surface area contributed by atoms with Gasteiger partial charge in [-0.2, -0.15) is 5.10 Å². The maximum Gasteiger partial charge on any atom is 0.270 e. The van der Waals surface area contributed by atoms with Gasteiger partial charge in [-0.05, 0) is 28.1 Å². The van der Waals surface area contributed by atoms with Gasteiger partial charge in [0.15, 0.2) is 0 Å². The zero-order chi connectivity index (χ0) is 12.7. The highest BCUT2D eigenvalue weighted by atomic mass is 79.9. The average Bonchev–Trinajstić information content (AvgIpc) is 2.69. The van der Waals surface area contributed by atoms with Gasteiger partial charge in [-0.1, -0.05) is 23.7 Å². The van der Waals surface area contributed by atoms with Crippen LogP contribution in [0.4, 0.5) is 0 Å². The van der Waals surface area contributed by atoms with Crippen LogP contribution in [0.1, 0.15) is 10.5 Å². The number of rotatable bonds is 1. The van der Waals surface area contributed by atoms with E-state index in [1.54, 1.807) is 4.68 Å². The SMILES string of the molecule is O=C1NCCn2nc(-c3ccc(Cl)cc3)c(Br)c21. The van der Waals surface area contributed by atoms with E-state index in [4.69, 9.17) is 11.6 Å². The maximum atomic E-state index is 11.8. The molecule has 6 heteroatoms. The van der Waals surface area contributed by atoms with Crippen molar-refractivity contribution in [2.75, 3.05) is 6.54 Å². The van der Waals surface area contributed by atoms with E-state index in [9.17, 15) is 4.79 Å². The first-order chi connectivity index (χ1) is 8.66. The summed E-state index contributed by atoms with van der Waals surface area (Å²) >= 11 is 9.32. The summed E-state index contributed by atoms with van der Waals surface area (Å²) < 4.78 is 2.45. The second-order valence-electron chi connectivity index (χ2n) is 4.00. The average molecular weight is 327 g/mol. The van der Waals surface area contributed by atoms with Crippen molar-refractivity contribution >= 4 is 33.4 Å². The molecule has 0 saturated carbocycles. The van der Waals surface area contributed by atoms with Gasteiger partial charge >= 0.3 is 0 Å². The van der Waals surface area contributed by atoms with Crippen LogP contribution in [0.5, 0.6) is 0 Å². The van der Waals surface area contributed by atoms with Gasteiger partial charge in [0.2, 0.25) is 0 Å². The molecular formula is C12H9BrClN3O. The smallest absolute Gasteiger partial charge is 0.270 e. The number of benzene rings is 1. The van der Waals surface area contributed by atoms with E-state index in [0.717, 1.165) is 15.7 Å². The molecule has 1 aromatic heterocycles. The summed E-state index contributed by atoms with van der Waals surface area (Å²) in [6.07, 6.45) is 0. The molecule has 1 aliphatic heterocycles. The molecule has 0 radical (unpaired) electrons. The Hall–Kier alpha value is -1.33. The van der Waals surface area contributed by atoms with Gasteiger partial charge < -0.3 is 5.32 Å². The Morgan fingerprint density at radius 3 is 2.72 bits per heavy atom. The van der Waals surface area contributed by atoms with E-state index in [-0.39, 0.29) is 5.91 Å². The molecule has 0 spiro atoms. The third-order valence-electron chi connectivity index (χ3n) is 2.84. The van der Waals surface area contributed by atoms with Crippen molar-refractivity contribution in [3.05, 3.63) is 39.5 Å². The summed E-state index contributed by atoms with van der Waals surface area (Å²) in [6, 6.07) is 7.39. The summed E-state index contributed by atoms with van der Waals surface area (Å²) in [6.45, 7) is 1.30. The second-order valence-corrected chi connectivity index (χ2v) is 5.23. The summed E-state index contributed by atoms with van der Waals surface area (Å²) in [4.78, 5) is 11.8. The topological polar surface area (TPSA) is 46.9 Å². The summed E-state index contributed by atoms with van der Waals surface area (Å²) in [5.41, 5.74) is 2.27. The van der Waals surface area contributed by atoms with Crippen LogP contribution >= 0.6 is 27.5 Å². The lowest BCUT2D eigenvalue weighted by molar-refractivity contribution is 0.0923. The minimum absolute atomic E-state index is 0.0964. The molecule has 4 nitrogen and oxygen atoms in total. The minimum Gasteiger partial charge on any atom is -0.349 e. The summed E-state index contributed by atoms with van der Waals surface area (Å²) in [7, 11) is 0. The molecule has 0 atom stereocenters. The van der Waals surface area contributed by atoms with Crippen LogP contribution in [0.25, 0.3) is 11.3 Å². The van der Waals surface area contributed by atoms with Crippen molar-refractivity contribution in [3.63, 3.8) is 0 Å². The van der Waals surface area contributed by atoms with Crippen molar-refractivity contribution in [1.29, 1.82) is 0 Å². The number of carbonyl (C=O) groups excluding carboxylic acids is 1. The van der Waals surface area contributed by atoms with Crippen molar-refractivity contribution in [2.45, 2.75) is 6.54 Å². The molecule has 1 aliphatic rings. The van der Waals surface area contributed by atoms with Crippen LogP contribution < -0.4 is 5.32 Å². The Kier molecular flexibility index (Phi) is 2.87. The summed E-state index contributed by atoms with van der Waals surface area (Å²) in [5.74, 6) is -0.0964. The highest BCUT2D eigenvalue weighted by molar-refractivity contribution is 9.10. The van der Waals surface area contributed by atoms with Gasteiger partial charge in [0.05, 0.1) is 11.0 Å². The van der Waals surface area contributed by atoms with Crippen LogP contribution in [0.15, 0.2) is 28.7 Å². The van der Waals surface area contributed by atoms with Gasteiger partial charge in [0.25, 0.3) is 5.91 Å². The normalized spacial score (nSPS) is 14.2. The number of nitrogens with zero attached hydrogens (tertiary/aromatic N) is 2. The number of halogens is 2. The molecule has 1 aromatic carbocycles. The largest absolute Gasteiger partial charge is 0.349 e. The third-order valence-corrected chi connectivity index (χ3v) is 3.84. The van der Waals surface area contributed by atoms with Crippen LogP contribution in [0.3, 0.4) is 0 Å². The van der Waals surface area contributed by atoms with Gasteiger partial charge in [0, 0.05) is 17.1 Å². The zero-order valence-electron chi connectivity index (χ0n) is 9.28. The van der Waals surface area contributed by atoms with E-state index in [1.165, 1.54) is 0 Å². The lowest BCUT2D eigenvalue weighted by atomic mass is 10.1. The molecule has 0 aliphatic carbocycles. The fraction of sp³-hybridized carbons (Fsp3) is 0.167. The number of amides is 1. The molecule has 92 valence electrons. The highest BCUT2D eigenvalue weighted by Crippen LogP contribution is 2.31. The number of fused-ring (bicyclic) bond motifs is 1. The predicted molar refractivity (Wildman–Crippen MR) is 72.7 cm³/mol. The lowest BCUT2D eigenvalue weighted by Gasteiger charge is -2.13. The lowest BCUT2D eigenvalue weighted by Crippen LogP contribution is -2.35. The summed E-state index contributed by atoms with van der Waals surface area (Å²) in [5, 5.41) is 7.95. The molecule has 18 heavy (non-hydrogen) atoms. The first-order valence-corrected chi connectivity index (χ1v) is 6.64. The molecule has 0 fully saturated rings. The second kappa shape index (κ2) is 4.40. The van der Waals surface area contributed by atoms with Gasteiger partial charge in [-0.15, -0.1) is 0 Å². The van der Waals surface area contributed by atoms with Gasteiger partial charge in [-0.25, -0.2) is 0 Å². The minimum atomic E-state index is -0.0964. The molecular weight excluding hydrogens is 318 g/mol. The molecule has 0 bridgehead atoms. The number of hydrogen-bond acceptors (Lipinski definition) is 2. The maximum absolute atomic E-state index is 11.8. The molecule has 1 amide bonds. The first-order valence-electron chi connectivity index (χ1n) is 5.47. The van der Waals surface area contributed by atoms with E-state index < -0.39 is 0 Å². The number of aromatic nitrogens is 2. The van der Waals surface area contributed by atoms with Crippen LogP contribution in [-0.4, -0.2) is 22.2 Å². The number of nitrogens with one attached hydrogen (secondary N) is 1. The zero-order valence-corrected chi connectivity index (χ0v) is 11.6. The Bertz CT molecular complexity index is 621. The van der Waals surface area contributed by atoms with Crippen LogP contribution in [0.2, 0.25) is 5.02 Å². The van der Waals surface area contributed by atoms with Crippen molar-refractivity contribution in [3.8, 4) is 11.3 Å². The standard InChI is InChI=1S/C12H9BrClN3O/c13-9-10(7-1-3-8(14)4-2-7)16-17-6-5-15-12(18)11(9)17/h1-4H,5-6H2,(H,15,18). The molecule has 1 N–H and O–H groups in total. The monoisotopic (exact) mass is 325 g/mol. The quantitative estimate of drug-likeness (QED) is 0.876. The fourth-order valence-corrected chi connectivity index (χ4v) is 2.79. The van der Waals surface area contributed by atoms with Gasteiger partial charge in [-0.3, -0.25) is 9.48 Å². The predicted octanol–water partition coefficient (Wildman–Crippen LogP) is 2.71. The van der Waals surface area contributed by atoms with Crippen molar-refractivity contribution in [2.24, 2.45) is 0 Å². The molecule has 3 rings (SSSR count). The first kappa shape index (κ1) is 11.7. The Morgan fingerprint density at radius 2 is 2.06 bits per heavy atom. The highest BCUT2D eigenvalue weighted by Gasteiger charge is 2.25. The third kappa shape index (κ3) is 1.83. The molecule has 2 heterocycles. The van der Waals surface area contributed by atoms with E-state index in [2.05, 4.69) is 26.3 Å². The van der Waals surface area contributed by atoms with Crippen molar-refractivity contribution < 1.29 is 4.79 Å². The Balaban J connectivity index is 2.14. The number of carbonyl (C=O) groups is 1. The van der Waals surface area contributed by atoms with E-state index in [1.807, 2.05) is 24.3 Å². The van der Waals surface area contributed by atoms with Crippen molar-refractivity contribution in [1.82, 2.24) is 15.1 Å². The Labute approximate surface area is 117 Å². The molecule has 0 unspecified atom stereocenters. The van der Waals surface area contributed by atoms with Crippen LogP contribution in [-0.2, 0) is 6.54 Å². The fourth-order valence-electron chi connectivity index (χ4n) is 1.97. The molecule has 0 saturated heterocycles. The van der Waals surface area contributed by atoms with Gasteiger partial charge in [0.1, 0.15) is 11.4 Å². The number of hydrogen-bond donors (Lipinski definition) is 1. The van der Waals surface area contributed by atoms with E-state index in [0.29, 0.717) is 23.8 Å². The Morgan fingerprint density at radius 1 is 1.33 bits per heavy atom. The van der Waals surface area contributed by atoms with Crippen LogP contribution in [0, 0.1) is 0 Å².